The largest absolute Gasteiger partial charge is 0.435 e. The van der Waals surface area contributed by atoms with Crippen LogP contribution in [0.4, 0.5) is 5.95 Å². The first kappa shape index (κ1) is 16.5. The van der Waals surface area contributed by atoms with Gasteiger partial charge in [-0.05, 0) is 12.1 Å². The van der Waals surface area contributed by atoms with E-state index >= 15 is 0 Å². The molecule has 3 aromatic rings. The van der Waals surface area contributed by atoms with Crippen molar-refractivity contribution in [2.24, 2.45) is 5.92 Å². The van der Waals surface area contributed by atoms with Crippen molar-refractivity contribution in [3.05, 3.63) is 34.6 Å². The van der Waals surface area contributed by atoms with E-state index in [1.54, 1.807) is 32.0 Å². The molecule has 2 aromatic heterocycles. The average molecular weight is 366 g/mol. The van der Waals surface area contributed by atoms with E-state index in [1.165, 1.54) is 6.33 Å². The third-order valence-corrected chi connectivity index (χ3v) is 3.66. The summed E-state index contributed by atoms with van der Waals surface area (Å²) in [5.74, 6) is 0.189. The Morgan fingerprint density at radius 2 is 2.08 bits per heavy atom. The van der Waals surface area contributed by atoms with Crippen molar-refractivity contribution in [2.75, 3.05) is 5.32 Å². The lowest BCUT2D eigenvalue weighted by Gasteiger charge is -2.10. The molecule has 3 rings (SSSR count). The second-order valence-corrected chi connectivity index (χ2v) is 6.12. The molecule has 2 N–H and O–H groups in total. The summed E-state index contributed by atoms with van der Waals surface area (Å²) in [6.45, 7) is 3.54. The SMILES string of the molecule is CC(C)C(=O)Nc1nc(Oc2cc(Cl)ccc2Cl)c2[nH]cnc2n1. The highest BCUT2D eigenvalue weighted by Crippen LogP contribution is 2.33. The van der Waals surface area contributed by atoms with Crippen LogP contribution in [-0.4, -0.2) is 25.8 Å². The van der Waals surface area contributed by atoms with Gasteiger partial charge in [0.15, 0.2) is 5.65 Å². The molecule has 1 amide bonds. The second-order valence-electron chi connectivity index (χ2n) is 5.27. The van der Waals surface area contributed by atoms with Gasteiger partial charge in [-0.15, -0.1) is 0 Å². The van der Waals surface area contributed by atoms with Gasteiger partial charge in [0, 0.05) is 17.0 Å². The van der Waals surface area contributed by atoms with Crippen LogP contribution in [0.2, 0.25) is 10.0 Å². The Hall–Kier alpha value is -2.38. The van der Waals surface area contributed by atoms with Gasteiger partial charge in [0.05, 0.1) is 11.3 Å². The number of hydrogen-bond donors (Lipinski definition) is 2. The van der Waals surface area contributed by atoms with Crippen molar-refractivity contribution < 1.29 is 9.53 Å². The summed E-state index contributed by atoms with van der Waals surface area (Å²) in [5.41, 5.74) is 0.839. The van der Waals surface area contributed by atoms with E-state index in [9.17, 15) is 4.79 Å². The fraction of sp³-hybridized carbons (Fsp3) is 0.200. The van der Waals surface area contributed by atoms with Crippen molar-refractivity contribution >= 4 is 46.2 Å². The normalized spacial score (nSPS) is 11.0. The molecule has 1 aromatic carbocycles. The van der Waals surface area contributed by atoms with Gasteiger partial charge in [-0.1, -0.05) is 37.0 Å². The van der Waals surface area contributed by atoms with Crippen molar-refractivity contribution in [1.82, 2.24) is 19.9 Å². The average Bonchev–Trinajstić information content (AvgIpc) is 2.99. The smallest absolute Gasteiger partial charge is 0.250 e. The van der Waals surface area contributed by atoms with E-state index in [4.69, 9.17) is 27.9 Å². The van der Waals surface area contributed by atoms with Crippen molar-refractivity contribution in [3.8, 4) is 11.6 Å². The van der Waals surface area contributed by atoms with Crippen LogP contribution in [0, 0.1) is 5.92 Å². The molecule has 0 aliphatic rings. The fourth-order valence-electron chi connectivity index (χ4n) is 1.85. The molecule has 124 valence electrons. The maximum Gasteiger partial charge on any atom is 0.250 e. The lowest BCUT2D eigenvalue weighted by atomic mass is 10.2. The summed E-state index contributed by atoms with van der Waals surface area (Å²) in [6, 6.07) is 4.84. The van der Waals surface area contributed by atoms with Gasteiger partial charge in [-0.25, -0.2) is 4.98 Å². The number of rotatable bonds is 4. The number of imidazole rings is 1. The molecule has 7 nitrogen and oxygen atoms in total. The summed E-state index contributed by atoms with van der Waals surface area (Å²) in [6.07, 6.45) is 1.46. The molecular weight excluding hydrogens is 353 g/mol. The molecule has 0 aliphatic heterocycles. The summed E-state index contributed by atoms with van der Waals surface area (Å²) in [5, 5.41) is 3.46. The maximum absolute atomic E-state index is 11.9. The van der Waals surface area contributed by atoms with Gasteiger partial charge >= 0.3 is 0 Å². The van der Waals surface area contributed by atoms with E-state index in [-0.39, 0.29) is 23.7 Å². The minimum absolute atomic E-state index is 0.0986. The van der Waals surface area contributed by atoms with Crippen LogP contribution in [0.25, 0.3) is 11.2 Å². The molecule has 0 saturated heterocycles. The lowest BCUT2D eigenvalue weighted by molar-refractivity contribution is -0.118. The Kier molecular flexibility index (Phi) is 4.55. The number of halogens is 2. The van der Waals surface area contributed by atoms with Crippen molar-refractivity contribution in [1.29, 1.82) is 0 Å². The summed E-state index contributed by atoms with van der Waals surface area (Å²) < 4.78 is 5.75. The van der Waals surface area contributed by atoms with Crippen LogP contribution in [-0.2, 0) is 4.79 Å². The summed E-state index contributed by atoms with van der Waals surface area (Å²) in [7, 11) is 0. The van der Waals surface area contributed by atoms with Crippen LogP contribution in [0.15, 0.2) is 24.5 Å². The van der Waals surface area contributed by atoms with E-state index < -0.39 is 0 Å². The molecule has 0 bridgehead atoms. The number of aromatic nitrogens is 4. The van der Waals surface area contributed by atoms with Gasteiger partial charge in [0.25, 0.3) is 5.88 Å². The quantitative estimate of drug-likeness (QED) is 0.727. The molecule has 0 aliphatic carbocycles. The van der Waals surface area contributed by atoms with Crippen LogP contribution in [0.3, 0.4) is 0 Å². The second kappa shape index (κ2) is 6.62. The number of ether oxygens (including phenoxy) is 1. The molecule has 24 heavy (non-hydrogen) atoms. The first-order valence-electron chi connectivity index (χ1n) is 7.09. The van der Waals surface area contributed by atoms with Crippen LogP contribution >= 0.6 is 23.2 Å². The first-order valence-corrected chi connectivity index (χ1v) is 7.84. The minimum atomic E-state index is -0.213. The third-order valence-electron chi connectivity index (χ3n) is 3.11. The topological polar surface area (TPSA) is 92.8 Å². The van der Waals surface area contributed by atoms with Gasteiger partial charge in [0.2, 0.25) is 11.9 Å². The number of hydrogen-bond acceptors (Lipinski definition) is 5. The number of aromatic amines is 1. The molecular formula is C15H13Cl2N5O2. The predicted octanol–water partition coefficient (Wildman–Crippen LogP) is 4.05. The monoisotopic (exact) mass is 365 g/mol. The number of fused-ring (bicyclic) bond motifs is 1. The maximum atomic E-state index is 11.9. The predicted molar refractivity (Wildman–Crippen MR) is 91.7 cm³/mol. The number of H-pyrrole nitrogens is 1. The number of amides is 1. The fourth-order valence-corrected chi connectivity index (χ4v) is 2.17. The molecule has 9 heteroatoms. The van der Waals surface area contributed by atoms with Crippen LogP contribution in [0.5, 0.6) is 11.6 Å². The third kappa shape index (κ3) is 3.42. The zero-order valence-corrected chi connectivity index (χ0v) is 14.3. The van der Waals surface area contributed by atoms with Gasteiger partial charge < -0.3 is 9.72 Å². The molecule has 0 saturated carbocycles. The summed E-state index contributed by atoms with van der Waals surface area (Å²) in [4.78, 5) is 27.2. The van der Waals surface area contributed by atoms with Gasteiger partial charge in [-0.2, -0.15) is 9.97 Å². The van der Waals surface area contributed by atoms with Crippen LogP contribution in [0.1, 0.15) is 13.8 Å². The molecule has 0 radical (unpaired) electrons. The van der Waals surface area contributed by atoms with E-state index in [0.717, 1.165) is 0 Å². The first-order chi connectivity index (χ1) is 11.4. The Bertz CT molecular complexity index is 910. The minimum Gasteiger partial charge on any atom is -0.435 e. The Morgan fingerprint density at radius 3 is 2.83 bits per heavy atom. The number of nitrogens with one attached hydrogen (secondary N) is 2. The molecule has 0 atom stereocenters. The summed E-state index contributed by atoms with van der Waals surface area (Å²) >= 11 is 12.1. The lowest BCUT2D eigenvalue weighted by Crippen LogP contribution is -2.19. The van der Waals surface area contributed by atoms with Gasteiger partial charge in [0.1, 0.15) is 11.3 Å². The number of nitrogens with zero attached hydrogens (tertiary/aromatic N) is 3. The number of anilines is 1. The van der Waals surface area contributed by atoms with E-state index in [2.05, 4.69) is 25.3 Å². The standard InChI is InChI=1S/C15H13Cl2N5O2/c1-7(2)13(23)21-15-20-12-11(18-6-19-12)14(22-15)24-10-5-8(16)3-4-9(10)17/h3-7H,1-2H3,(H2,18,19,20,21,22,23). The Balaban J connectivity index is 2.01. The highest BCUT2D eigenvalue weighted by Gasteiger charge is 2.16. The highest BCUT2D eigenvalue weighted by atomic mass is 35.5. The zero-order valence-electron chi connectivity index (χ0n) is 12.8. The van der Waals surface area contributed by atoms with E-state index in [1.807, 2.05) is 0 Å². The Morgan fingerprint density at radius 1 is 1.29 bits per heavy atom. The number of benzene rings is 1. The molecule has 0 unspecified atom stereocenters. The van der Waals surface area contributed by atoms with Crippen molar-refractivity contribution in [3.63, 3.8) is 0 Å². The van der Waals surface area contributed by atoms with Crippen LogP contribution < -0.4 is 10.1 Å². The highest BCUT2D eigenvalue weighted by molar-refractivity contribution is 6.34. The van der Waals surface area contributed by atoms with E-state index in [0.29, 0.717) is 27.0 Å². The number of carbonyl (C=O) groups is 1. The van der Waals surface area contributed by atoms with Gasteiger partial charge in [-0.3, -0.25) is 10.1 Å². The van der Waals surface area contributed by atoms with Crippen molar-refractivity contribution in [2.45, 2.75) is 13.8 Å². The number of carbonyl (C=O) groups excluding carboxylic acids is 1. The molecule has 0 fully saturated rings. The Labute approximate surface area is 147 Å². The molecule has 2 heterocycles. The zero-order chi connectivity index (χ0) is 17.3. The molecule has 0 spiro atoms.